The van der Waals surface area contributed by atoms with Gasteiger partial charge in [-0.25, -0.2) is 0 Å². The quantitative estimate of drug-likeness (QED) is 0.903. The van der Waals surface area contributed by atoms with Gasteiger partial charge in [-0.15, -0.1) is 0 Å². The molecule has 0 amide bonds. The molecular formula is C17H30N4. The molecule has 1 aromatic heterocycles. The fraction of sp³-hybridized carbons (Fsp3) is 0.824. The zero-order chi connectivity index (χ0) is 15.0. The van der Waals surface area contributed by atoms with Gasteiger partial charge in [0, 0.05) is 38.8 Å². The van der Waals surface area contributed by atoms with Crippen LogP contribution in [-0.2, 0) is 13.6 Å². The number of nitrogens with one attached hydrogen (secondary N) is 1. The Morgan fingerprint density at radius 3 is 2.76 bits per heavy atom. The van der Waals surface area contributed by atoms with Gasteiger partial charge in [-0.1, -0.05) is 20.3 Å². The van der Waals surface area contributed by atoms with Crippen LogP contribution in [0.4, 0.5) is 0 Å². The smallest absolute Gasteiger partial charge is 0.0597 e. The molecule has 0 radical (unpaired) electrons. The Hall–Kier alpha value is -0.870. The van der Waals surface area contributed by atoms with Crippen molar-refractivity contribution in [2.75, 3.05) is 13.1 Å². The van der Waals surface area contributed by atoms with Crippen molar-refractivity contribution in [1.82, 2.24) is 20.0 Å². The molecular weight excluding hydrogens is 260 g/mol. The van der Waals surface area contributed by atoms with Crippen molar-refractivity contribution < 1.29 is 0 Å². The van der Waals surface area contributed by atoms with E-state index in [-0.39, 0.29) is 0 Å². The van der Waals surface area contributed by atoms with Gasteiger partial charge in [0.2, 0.25) is 0 Å². The van der Waals surface area contributed by atoms with E-state index in [4.69, 9.17) is 0 Å². The van der Waals surface area contributed by atoms with Crippen LogP contribution in [0.2, 0.25) is 0 Å². The lowest BCUT2D eigenvalue weighted by atomic mass is 9.94. The third kappa shape index (κ3) is 3.32. The molecule has 1 aromatic rings. The molecule has 1 aliphatic heterocycles. The maximum atomic E-state index is 4.51. The first-order valence-corrected chi connectivity index (χ1v) is 8.55. The number of piperazine rings is 1. The van der Waals surface area contributed by atoms with Crippen LogP contribution < -0.4 is 5.32 Å². The highest BCUT2D eigenvalue weighted by molar-refractivity contribution is 5.10. The minimum Gasteiger partial charge on any atom is -0.311 e. The predicted octanol–water partition coefficient (Wildman–Crippen LogP) is 2.33. The lowest BCUT2D eigenvalue weighted by Gasteiger charge is -2.42. The van der Waals surface area contributed by atoms with Crippen LogP contribution >= 0.6 is 0 Å². The Balaban J connectivity index is 1.72. The first-order chi connectivity index (χ1) is 10.1. The molecule has 0 bridgehead atoms. The van der Waals surface area contributed by atoms with Gasteiger partial charge in [0.05, 0.1) is 11.4 Å². The second kappa shape index (κ2) is 6.09. The molecule has 1 saturated carbocycles. The molecule has 4 nitrogen and oxygen atoms in total. The summed E-state index contributed by atoms with van der Waals surface area (Å²) in [7, 11) is 2.07. The summed E-state index contributed by atoms with van der Waals surface area (Å²) >= 11 is 0. The summed E-state index contributed by atoms with van der Waals surface area (Å²) in [5, 5.41) is 8.32. The Morgan fingerprint density at radius 1 is 1.43 bits per heavy atom. The summed E-state index contributed by atoms with van der Waals surface area (Å²) in [6, 6.07) is 3.60. The van der Waals surface area contributed by atoms with E-state index in [1.165, 1.54) is 31.5 Å². The molecule has 2 aliphatic rings. The highest BCUT2D eigenvalue weighted by Crippen LogP contribution is 2.37. The fourth-order valence-electron chi connectivity index (χ4n) is 3.67. The van der Waals surface area contributed by atoms with Crippen LogP contribution in [0.15, 0.2) is 6.07 Å². The van der Waals surface area contributed by atoms with Crippen molar-refractivity contribution >= 4 is 0 Å². The molecule has 0 aromatic carbocycles. The van der Waals surface area contributed by atoms with Crippen LogP contribution in [0, 0.1) is 18.8 Å². The largest absolute Gasteiger partial charge is 0.311 e. The van der Waals surface area contributed by atoms with E-state index in [0.29, 0.717) is 6.04 Å². The molecule has 21 heavy (non-hydrogen) atoms. The van der Waals surface area contributed by atoms with E-state index in [0.717, 1.165) is 36.7 Å². The molecule has 0 spiro atoms. The number of aryl methyl sites for hydroxylation is 2. The first-order valence-electron chi connectivity index (χ1n) is 8.55. The molecule has 118 valence electrons. The molecule has 4 heteroatoms. The van der Waals surface area contributed by atoms with Crippen LogP contribution in [0.25, 0.3) is 0 Å². The molecule has 1 N–H and O–H groups in total. The van der Waals surface area contributed by atoms with Crippen molar-refractivity contribution in [3.63, 3.8) is 0 Å². The Morgan fingerprint density at radius 2 is 2.19 bits per heavy atom. The van der Waals surface area contributed by atoms with Crippen molar-refractivity contribution in [1.29, 1.82) is 0 Å². The van der Waals surface area contributed by atoms with Gasteiger partial charge >= 0.3 is 0 Å². The minimum atomic E-state index is 0.638. The van der Waals surface area contributed by atoms with Gasteiger partial charge in [-0.3, -0.25) is 9.58 Å². The van der Waals surface area contributed by atoms with Crippen LogP contribution in [-0.4, -0.2) is 39.9 Å². The summed E-state index contributed by atoms with van der Waals surface area (Å²) < 4.78 is 2.06. The van der Waals surface area contributed by atoms with E-state index in [1.54, 1.807) is 0 Å². The summed E-state index contributed by atoms with van der Waals surface area (Å²) in [6.07, 6.45) is 4.09. The SMILES string of the molecule is CCC(C)C1CN(Cc2cc(C)nn2C)C(C2CC2)CN1. The van der Waals surface area contributed by atoms with Crippen molar-refractivity contribution in [3.05, 3.63) is 17.5 Å². The molecule has 2 heterocycles. The van der Waals surface area contributed by atoms with Crippen LogP contribution in [0.3, 0.4) is 0 Å². The number of aromatic nitrogens is 2. The van der Waals surface area contributed by atoms with Crippen molar-refractivity contribution in [2.45, 2.75) is 58.7 Å². The molecule has 1 aliphatic carbocycles. The third-order valence-electron chi connectivity index (χ3n) is 5.45. The molecule has 3 unspecified atom stereocenters. The average molecular weight is 290 g/mol. The van der Waals surface area contributed by atoms with Gasteiger partial charge in [-0.2, -0.15) is 5.10 Å². The van der Waals surface area contributed by atoms with E-state index in [1.807, 2.05) is 0 Å². The summed E-state index contributed by atoms with van der Waals surface area (Å²) in [6.45, 7) is 10.2. The number of nitrogens with zero attached hydrogens (tertiary/aromatic N) is 3. The van der Waals surface area contributed by atoms with Crippen molar-refractivity contribution in [2.24, 2.45) is 18.9 Å². The topological polar surface area (TPSA) is 33.1 Å². The molecule has 1 saturated heterocycles. The van der Waals surface area contributed by atoms with E-state index >= 15 is 0 Å². The van der Waals surface area contributed by atoms with Crippen LogP contribution in [0.5, 0.6) is 0 Å². The lowest BCUT2D eigenvalue weighted by molar-refractivity contribution is 0.0868. The zero-order valence-electron chi connectivity index (χ0n) is 14.0. The third-order valence-corrected chi connectivity index (χ3v) is 5.45. The normalized spacial score (nSPS) is 28.8. The van der Waals surface area contributed by atoms with E-state index < -0.39 is 0 Å². The molecule has 3 atom stereocenters. The van der Waals surface area contributed by atoms with E-state index in [9.17, 15) is 0 Å². The molecule has 3 rings (SSSR count). The summed E-state index contributed by atoms with van der Waals surface area (Å²) in [5.41, 5.74) is 2.48. The average Bonchev–Trinajstić information content (AvgIpc) is 3.25. The zero-order valence-corrected chi connectivity index (χ0v) is 14.0. The highest BCUT2D eigenvalue weighted by Gasteiger charge is 2.39. The van der Waals surface area contributed by atoms with Crippen LogP contribution in [0.1, 0.15) is 44.5 Å². The van der Waals surface area contributed by atoms with Gasteiger partial charge in [0.25, 0.3) is 0 Å². The second-order valence-corrected chi connectivity index (χ2v) is 7.14. The van der Waals surface area contributed by atoms with Gasteiger partial charge in [0.15, 0.2) is 0 Å². The van der Waals surface area contributed by atoms with Gasteiger partial charge in [-0.05, 0) is 37.7 Å². The Kier molecular flexibility index (Phi) is 4.36. The predicted molar refractivity (Wildman–Crippen MR) is 86.1 cm³/mol. The first kappa shape index (κ1) is 15.0. The standard InChI is InChI=1S/C17H30N4/c1-5-12(2)16-11-21(17(9-18-16)14-6-7-14)10-15-8-13(3)19-20(15)4/h8,12,14,16-18H,5-7,9-11H2,1-4H3. The fourth-order valence-corrected chi connectivity index (χ4v) is 3.67. The van der Waals surface area contributed by atoms with Gasteiger partial charge in [0.1, 0.15) is 0 Å². The minimum absolute atomic E-state index is 0.638. The van der Waals surface area contributed by atoms with Gasteiger partial charge < -0.3 is 5.32 Å². The number of hydrogen-bond acceptors (Lipinski definition) is 3. The highest BCUT2D eigenvalue weighted by atomic mass is 15.3. The lowest BCUT2D eigenvalue weighted by Crippen LogP contribution is -2.58. The number of hydrogen-bond donors (Lipinski definition) is 1. The second-order valence-electron chi connectivity index (χ2n) is 7.14. The van der Waals surface area contributed by atoms with E-state index in [2.05, 4.69) is 53.9 Å². The monoisotopic (exact) mass is 290 g/mol. The maximum absolute atomic E-state index is 4.51. The summed E-state index contributed by atoms with van der Waals surface area (Å²) in [5.74, 6) is 1.67. The molecule has 2 fully saturated rings. The Bertz CT molecular complexity index is 477. The summed E-state index contributed by atoms with van der Waals surface area (Å²) in [4.78, 5) is 2.72. The van der Waals surface area contributed by atoms with Crippen molar-refractivity contribution in [3.8, 4) is 0 Å². The Labute approximate surface area is 128 Å². The number of rotatable bonds is 5. The maximum Gasteiger partial charge on any atom is 0.0597 e.